The summed E-state index contributed by atoms with van der Waals surface area (Å²) in [6.45, 7) is 4.07. The number of benzene rings is 2. The number of carboxylic acid groups (broad SMARTS) is 1. The lowest BCUT2D eigenvalue weighted by molar-refractivity contribution is 0.0698. The van der Waals surface area contributed by atoms with Gasteiger partial charge >= 0.3 is 5.97 Å². The Morgan fingerprint density at radius 3 is 2.64 bits per heavy atom. The highest BCUT2D eigenvalue weighted by Crippen LogP contribution is 2.30. The van der Waals surface area contributed by atoms with Crippen LogP contribution in [0.5, 0.6) is 0 Å². The number of carboxylic acids is 1. The number of hydrogen-bond donors (Lipinski definition) is 2. The molecule has 0 fully saturated rings. The zero-order valence-corrected chi connectivity index (χ0v) is 12.4. The summed E-state index contributed by atoms with van der Waals surface area (Å²) >= 11 is 0. The Hall–Kier alpha value is -2.88. The van der Waals surface area contributed by atoms with Crippen molar-refractivity contribution in [3.63, 3.8) is 0 Å². The number of fused-ring (bicyclic) bond motifs is 1. The second-order valence-electron chi connectivity index (χ2n) is 5.31. The second-order valence-corrected chi connectivity index (χ2v) is 5.31. The van der Waals surface area contributed by atoms with Gasteiger partial charge in [0, 0.05) is 17.3 Å². The highest BCUT2D eigenvalue weighted by molar-refractivity contribution is 5.99. The number of aromatic nitrogens is 1. The Morgan fingerprint density at radius 2 is 1.86 bits per heavy atom. The van der Waals surface area contributed by atoms with Crippen LogP contribution in [0.15, 0.2) is 48.7 Å². The predicted molar refractivity (Wildman–Crippen MR) is 87.9 cm³/mol. The molecule has 22 heavy (non-hydrogen) atoms. The molecular formula is C18H16N2O2. The molecule has 0 saturated heterocycles. The van der Waals surface area contributed by atoms with Gasteiger partial charge in [-0.3, -0.25) is 4.98 Å². The molecule has 3 rings (SSSR count). The van der Waals surface area contributed by atoms with Gasteiger partial charge in [0.2, 0.25) is 0 Å². The van der Waals surface area contributed by atoms with Crippen molar-refractivity contribution in [1.29, 1.82) is 0 Å². The zero-order valence-electron chi connectivity index (χ0n) is 12.4. The minimum absolute atomic E-state index is 0.247. The molecule has 4 nitrogen and oxygen atoms in total. The Bertz CT molecular complexity index is 872. The van der Waals surface area contributed by atoms with Gasteiger partial charge in [-0.25, -0.2) is 4.79 Å². The van der Waals surface area contributed by atoms with Crippen LogP contribution in [0.2, 0.25) is 0 Å². The quantitative estimate of drug-likeness (QED) is 0.755. The van der Waals surface area contributed by atoms with E-state index >= 15 is 0 Å². The summed E-state index contributed by atoms with van der Waals surface area (Å²) in [7, 11) is 0. The molecule has 4 heteroatoms. The predicted octanol–water partition coefficient (Wildman–Crippen LogP) is 4.29. The number of aryl methyl sites for hydroxylation is 2. The van der Waals surface area contributed by atoms with Crippen molar-refractivity contribution in [3.8, 4) is 0 Å². The van der Waals surface area contributed by atoms with Gasteiger partial charge < -0.3 is 10.4 Å². The molecular weight excluding hydrogens is 276 g/mol. The van der Waals surface area contributed by atoms with Gasteiger partial charge in [-0.05, 0) is 49.2 Å². The van der Waals surface area contributed by atoms with E-state index in [1.54, 1.807) is 24.4 Å². The minimum Gasteiger partial charge on any atom is -0.478 e. The van der Waals surface area contributed by atoms with E-state index < -0.39 is 5.97 Å². The van der Waals surface area contributed by atoms with Crippen molar-refractivity contribution in [1.82, 2.24) is 4.98 Å². The maximum absolute atomic E-state index is 11.3. The summed E-state index contributed by atoms with van der Waals surface area (Å²) in [5, 5.41) is 13.5. The SMILES string of the molecule is Cc1cc(C)c2c(Nc3ccccc3C(=O)O)ccnc2c1. The van der Waals surface area contributed by atoms with Gasteiger partial charge in [-0.15, -0.1) is 0 Å². The number of para-hydroxylation sites is 1. The number of anilines is 2. The lowest BCUT2D eigenvalue weighted by Crippen LogP contribution is -2.03. The van der Waals surface area contributed by atoms with E-state index in [0.29, 0.717) is 5.69 Å². The number of hydrogen-bond acceptors (Lipinski definition) is 3. The monoisotopic (exact) mass is 292 g/mol. The van der Waals surface area contributed by atoms with Gasteiger partial charge in [0.05, 0.1) is 16.8 Å². The number of nitrogens with zero attached hydrogens (tertiary/aromatic N) is 1. The fourth-order valence-electron chi connectivity index (χ4n) is 2.70. The first-order valence-corrected chi connectivity index (χ1v) is 7.01. The molecule has 0 amide bonds. The summed E-state index contributed by atoms with van der Waals surface area (Å²) in [6, 6.07) is 12.9. The molecule has 0 spiro atoms. The van der Waals surface area contributed by atoms with Crippen LogP contribution in [-0.2, 0) is 0 Å². The van der Waals surface area contributed by atoms with Gasteiger partial charge in [-0.2, -0.15) is 0 Å². The van der Waals surface area contributed by atoms with Crippen LogP contribution in [0.25, 0.3) is 10.9 Å². The standard InChI is InChI=1S/C18H16N2O2/c1-11-9-12(2)17-15(7-8-19-16(17)10-11)20-14-6-4-3-5-13(14)18(21)22/h3-10H,1-2H3,(H,19,20)(H,21,22). The van der Waals surface area contributed by atoms with Crippen LogP contribution in [-0.4, -0.2) is 16.1 Å². The van der Waals surface area contributed by atoms with Crippen molar-refractivity contribution in [2.45, 2.75) is 13.8 Å². The Labute approximate surface area is 128 Å². The fraction of sp³-hybridized carbons (Fsp3) is 0.111. The molecule has 0 unspecified atom stereocenters. The first-order chi connectivity index (χ1) is 10.6. The van der Waals surface area contributed by atoms with Crippen molar-refractivity contribution in [2.24, 2.45) is 0 Å². The van der Waals surface area contributed by atoms with Crippen molar-refractivity contribution in [2.75, 3.05) is 5.32 Å². The summed E-state index contributed by atoms with van der Waals surface area (Å²) in [4.78, 5) is 15.7. The lowest BCUT2D eigenvalue weighted by Gasteiger charge is -2.13. The molecule has 1 heterocycles. The third-order valence-corrected chi connectivity index (χ3v) is 3.61. The van der Waals surface area contributed by atoms with E-state index in [9.17, 15) is 9.90 Å². The summed E-state index contributed by atoms with van der Waals surface area (Å²) in [6.07, 6.45) is 1.73. The van der Waals surface area contributed by atoms with Crippen molar-refractivity contribution >= 4 is 28.2 Å². The molecule has 110 valence electrons. The second kappa shape index (κ2) is 5.48. The smallest absolute Gasteiger partial charge is 0.337 e. The maximum atomic E-state index is 11.3. The van der Waals surface area contributed by atoms with Crippen LogP contribution in [0.3, 0.4) is 0 Å². The number of carbonyl (C=O) groups is 1. The van der Waals surface area contributed by atoms with Crippen molar-refractivity contribution in [3.05, 3.63) is 65.4 Å². The minimum atomic E-state index is -0.950. The third-order valence-electron chi connectivity index (χ3n) is 3.61. The fourth-order valence-corrected chi connectivity index (χ4v) is 2.70. The van der Waals surface area contributed by atoms with Crippen LogP contribution in [0, 0.1) is 13.8 Å². The molecule has 0 aliphatic carbocycles. The largest absolute Gasteiger partial charge is 0.478 e. The lowest BCUT2D eigenvalue weighted by atomic mass is 10.0. The van der Waals surface area contributed by atoms with E-state index in [0.717, 1.165) is 27.7 Å². The van der Waals surface area contributed by atoms with Crippen LogP contribution >= 0.6 is 0 Å². The molecule has 0 saturated carbocycles. The van der Waals surface area contributed by atoms with E-state index in [1.807, 2.05) is 32.0 Å². The average Bonchev–Trinajstić information content (AvgIpc) is 2.47. The molecule has 2 N–H and O–H groups in total. The topological polar surface area (TPSA) is 62.2 Å². The summed E-state index contributed by atoms with van der Waals surface area (Å²) < 4.78 is 0. The van der Waals surface area contributed by atoms with Crippen LogP contribution in [0.4, 0.5) is 11.4 Å². The van der Waals surface area contributed by atoms with Gasteiger partial charge in [0.15, 0.2) is 0 Å². The van der Waals surface area contributed by atoms with Gasteiger partial charge in [0.1, 0.15) is 0 Å². The first kappa shape index (κ1) is 14.1. The zero-order chi connectivity index (χ0) is 15.7. The first-order valence-electron chi connectivity index (χ1n) is 7.01. The van der Waals surface area contributed by atoms with Crippen molar-refractivity contribution < 1.29 is 9.90 Å². The number of aromatic carboxylic acids is 1. The third kappa shape index (κ3) is 2.51. The van der Waals surface area contributed by atoms with E-state index in [-0.39, 0.29) is 5.56 Å². The van der Waals surface area contributed by atoms with E-state index in [2.05, 4.69) is 16.4 Å². The highest BCUT2D eigenvalue weighted by Gasteiger charge is 2.11. The molecule has 0 aliphatic rings. The number of nitrogens with one attached hydrogen (secondary N) is 1. The molecule has 2 aromatic carbocycles. The van der Waals surface area contributed by atoms with Gasteiger partial charge in [0.25, 0.3) is 0 Å². The van der Waals surface area contributed by atoms with Crippen LogP contribution in [0.1, 0.15) is 21.5 Å². The molecule has 0 atom stereocenters. The Morgan fingerprint density at radius 1 is 1.09 bits per heavy atom. The maximum Gasteiger partial charge on any atom is 0.337 e. The summed E-state index contributed by atoms with van der Waals surface area (Å²) in [5.74, 6) is -0.950. The molecule has 0 bridgehead atoms. The summed E-state index contributed by atoms with van der Waals surface area (Å²) in [5.41, 5.74) is 4.84. The number of pyridine rings is 1. The normalized spacial score (nSPS) is 10.6. The van der Waals surface area contributed by atoms with Gasteiger partial charge in [-0.1, -0.05) is 18.2 Å². The van der Waals surface area contributed by atoms with E-state index in [4.69, 9.17) is 0 Å². The molecule has 1 aromatic heterocycles. The van der Waals surface area contributed by atoms with Crippen LogP contribution < -0.4 is 5.32 Å². The van der Waals surface area contributed by atoms with E-state index in [1.165, 1.54) is 0 Å². The molecule has 0 radical (unpaired) electrons. The Balaban J connectivity index is 2.15. The average molecular weight is 292 g/mol. The highest BCUT2D eigenvalue weighted by atomic mass is 16.4. The molecule has 0 aliphatic heterocycles. The number of rotatable bonds is 3. The Kier molecular flexibility index (Phi) is 3.51. The molecule has 3 aromatic rings.